The van der Waals surface area contributed by atoms with E-state index in [-0.39, 0.29) is 0 Å². The standard InChI is InChI=1S/C13H18N4O5/c1-13-6-4-3-5-7(13)14-11-9(16(19)20)8(13)10(17(21)22)12(18)15(11)2/h5,8-11,14H,3-4,6H2,1-2H3. The predicted molar refractivity (Wildman–Crippen MR) is 74.8 cm³/mol. The van der Waals surface area contributed by atoms with Crippen molar-refractivity contribution in [1.82, 2.24) is 10.2 Å². The number of nitrogens with zero attached hydrogens (tertiary/aromatic N) is 3. The topological polar surface area (TPSA) is 119 Å². The zero-order valence-electron chi connectivity index (χ0n) is 12.4. The fourth-order valence-electron chi connectivity index (χ4n) is 4.30. The normalized spacial score (nSPS) is 40.4. The zero-order chi connectivity index (χ0) is 16.2. The summed E-state index contributed by atoms with van der Waals surface area (Å²) < 4.78 is 0. The Labute approximate surface area is 126 Å². The molecule has 2 bridgehead atoms. The lowest BCUT2D eigenvalue weighted by atomic mass is 9.59. The molecule has 2 heterocycles. The first-order valence-electron chi connectivity index (χ1n) is 7.30. The smallest absolute Gasteiger partial charge is 0.300 e. The number of nitrogens with one attached hydrogen (secondary N) is 1. The van der Waals surface area contributed by atoms with Gasteiger partial charge in [-0.2, -0.15) is 0 Å². The molecular formula is C13H18N4O5. The monoisotopic (exact) mass is 310 g/mol. The number of carbonyl (C=O) groups excluding carboxylic acids is 1. The molecule has 9 heteroatoms. The van der Waals surface area contributed by atoms with Crippen molar-refractivity contribution in [1.29, 1.82) is 0 Å². The van der Waals surface area contributed by atoms with Crippen molar-refractivity contribution in [3.63, 3.8) is 0 Å². The van der Waals surface area contributed by atoms with Crippen molar-refractivity contribution in [2.24, 2.45) is 11.3 Å². The lowest BCUT2D eigenvalue weighted by molar-refractivity contribution is -0.588. The minimum atomic E-state index is -1.56. The number of rotatable bonds is 2. The maximum Gasteiger partial charge on any atom is 0.300 e. The van der Waals surface area contributed by atoms with E-state index < -0.39 is 45.3 Å². The Hall–Kier alpha value is -2.19. The number of likely N-dealkylation sites (N-methyl/N-ethyl adjacent to an activating group) is 1. The molecule has 3 aliphatic rings. The van der Waals surface area contributed by atoms with E-state index in [4.69, 9.17) is 0 Å². The van der Waals surface area contributed by atoms with Gasteiger partial charge in [0.2, 0.25) is 0 Å². The molecule has 2 fully saturated rings. The van der Waals surface area contributed by atoms with E-state index in [0.29, 0.717) is 6.42 Å². The van der Waals surface area contributed by atoms with Crippen molar-refractivity contribution in [3.05, 3.63) is 32.0 Å². The van der Waals surface area contributed by atoms with Crippen LogP contribution in [0.4, 0.5) is 0 Å². The lowest BCUT2D eigenvalue weighted by Crippen LogP contribution is -2.75. The fraction of sp³-hybridized carbons (Fsp3) is 0.769. The summed E-state index contributed by atoms with van der Waals surface area (Å²) in [6, 6.07) is -2.75. The van der Waals surface area contributed by atoms with Crippen LogP contribution in [0.5, 0.6) is 0 Å². The minimum Gasteiger partial charge on any atom is -0.363 e. The molecule has 1 aliphatic carbocycles. The highest BCUT2D eigenvalue weighted by Gasteiger charge is 2.69. The summed E-state index contributed by atoms with van der Waals surface area (Å²) in [6.45, 7) is 1.80. The molecule has 0 aromatic heterocycles. The summed E-state index contributed by atoms with van der Waals surface area (Å²) >= 11 is 0. The van der Waals surface area contributed by atoms with Crippen molar-refractivity contribution in [3.8, 4) is 0 Å². The Morgan fingerprint density at radius 1 is 1.36 bits per heavy atom. The maximum atomic E-state index is 12.4. The molecule has 0 saturated carbocycles. The summed E-state index contributed by atoms with van der Waals surface area (Å²) in [5.41, 5.74) is 0.0688. The molecule has 0 spiro atoms. The number of fused-ring (bicyclic) bond motifs is 4. The number of hydrogen-bond donors (Lipinski definition) is 1. The van der Waals surface area contributed by atoms with Crippen LogP contribution in [0.25, 0.3) is 0 Å². The number of allylic oxidation sites excluding steroid dienone is 2. The van der Waals surface area contributed by atoms with E-state index in [2.05, 4.69) is 5.32 Å². The quantitative estimate of drug-likeness (QED) is 0.581. The largest absolute Gasteiger partial charge is 0.363 e. The third kappa shape index (κ3) is 1.74. The van der Waals surface area contributed by atoms with E-state index in [0.717, 1.165) is 23.4 Å². The van der Waals surface area contributed by atoms with E-state index in [1.54, 1.807) is 6.92 Å². The molecule has 0 radical (unpaired) electrons. The third-order valence-electron chi connectivity index (χ3n) is 5.42. The fourth-order valence-corrected chi connectivity index (χ4v) is 4.30. The number of piperidine rings is 2. The Balaban J connectivity index is 2.19. The van der Waals surface area contributed by atoms with Crippen molar-refractivity contribution in [2.75, 3.05) is 7.05 Å². The Bertz CT molecular complexity index is 591. The van der Waals surface area contributed by atoms with Gasteiger partial charge in [-0.05, 0) is 19.3 Å². The summed E-state index contributed by atoms with van der Waals surface area (Å²) in [5.74, 6) is -1.59. The van der Waals surface area contributed by atoms with Crippen molar-refractivity contribution in [2.45, 2.75) is 44.4 Å². The molecule has 1 amide bonds. The first-order valence-corrected chi connectivity index (χ1v) is 7.30. The van der Waals surface area contributed by atoms with Gasteiger partial charge in [0.15, 0.2) is 6.17 Å². The summed E-state index contributed by atoms with van der Waals surface area (Å²) in [7, 11) is 1.38. The highest BCUT2D eigenvalue weighted by Crippen LogP contribution is 2.52. The highest BCUT2D eigenvalue weighted by molar-refractivity contribution is 5.83. The van der Waals surface area contributed by atoms with Crippen LogP contribution >= 0.6 is 0 Å². The van der Waals surface area contributed by atoms with Crippen LogP contribution < -0.4 is 5.32 Å². The van der Waals surface area contributed by atoms with Crippen LogP contribution in [-0.4, -0.2) is 46.0 Å². The highest BCUT2D eigenvalue weighted by atomic mass is 16.6. The average molecular weight is 310 g/mol. The van der Waals surface area contributed by atoms with Gasteiger partial charge >= 0.3 is 0 Å². The molecule has 1 N–H and O–H groups in total. The molecule has 0 aromatic carbocycles. The predicted octanol–water partition coefficient (Wildman–Crippen LogP) is 0.369. The zero-order valence-corrected chi connectivity index (χ0v) is 12.4. The van der Waals surface area contributed by atoms with Gasteiger partial charge in [0.1, 0.15) is 5.92 Å². The summed E-state index contributed by atoms with van der Waals surface area (Å²) in [4.78, 5) is 35.4. The van der Waals surface area contributed by atoms with Crippen LogP contribution in [0.2, 0.25) is 0 Å². The number of carbonyl (C=O) groups is 1. The van der Waals surface area contributed by atoms with E-state index >= 15 is 0 Å². The number of hydrogen-bond acceptors (Lipinski definition) is 6. The third-order valence-corrected chi connectivity index (χ3v) is 5.42. The maximum absolute atomic E-state index is 12.4. The lowest BCUT2D eigenvalue weighted by Gasteiger charge is -2.54. The number of likely N-dealkylation sites (tertiary alicyclic amines) is 1. The van der Waals surface area contributed by atoms with Crippen LogP contribution in [0.1, 0.15) is 26.2 Å². The summed E-state index contributed by atoms with van der Waals surface area (Å²) in [5, 5.41) is 26.2. The van der Waals surface area contributed by atoms with E-state index in [1.165, 1.54) is 7.05 Å². The van der Waals surface area contributed by atoms with Gasteiger partial charge in [0.05, 0.1) is 0 Å². The van der Waals surface area contributed by atoms with Crippen LogP contribution in [0, 0.1) is 31.6 Å². The Morgan fingerprint density at radius 2 is 2.05 bits per heavy atom. The van der Waals surface area contributed by atoms with Gasteiger partial charge in [-0.15, -0.1) is 0 Å². The minimum absolute atomic E-state index is 0.474. The van der Waals surface area contributed by atoms with Crippen molar-refractivity contribution < 1.29 is 14.6 Å². The first-order chi connectivity index (χ1) is 10.3. The molecule has 0 aromatic rings. The van der Waals surface area contributed by atoms with E-state index in [1.807, 2.05) is 6.08 Å². The SMILES string of the molecule is CN1C(=O)C([N+](=O)[O-])C2C([N+](=O)[O-])C1NC1=CCCCC12C. The van der Waals surface area contributed by atoms with Gasteiger partial charge < -0.3 is 10.2 Å². The second-order valence-electron chi connectivity index (χ2n) is 6.50. The molecule has 3 rings (SSSR count). The molecule has 22 heavy (non-hydrogen) atoms. The average Bonchev–Trinajstić information content (AvgIpc) is 2.44. The van der Waals surface area contributed by atoms with Gasteiger partial charge in [-0.25, -0.2) is 0 Å². The summed E-state index contributed by atoms with van der Waals surface area (Å²) in [6.07, 6.45) is 3.37. The molecular weight excluding hydrogens is 292 g/mol. The van der Waals surface area contributed by atoms with Crippen LogP contribution in [0.3, 0.4) is 0 Å². The van der Waals surface area contributed by atoms with Crippen LogP contribution in [0.15, 0.2) is 11.8 Å². The number of amides is 1. The first kappa shape index (κ1) is 14.7. The molecule has 9 nitrogen and oxygen atoms in total. The van der Waals surface area contributed by atoms with Gasteiger partial charge in [0, 0.05) is 28.0 Å². The van der Waals surface area contributed by atoms with Gasteiger partial charge in [0.25, 0.3) is 18.0 Å². The number of nitro groups is 2. The molecule has 120 valence electrons. The van der Waals surface area contributed by atoms with Crippen molar-refractivity contribution >= 4 is 5.91 Å². The van der Waals surface area contributed by atoms with Crippen LogP contribution in [-0.2, 0) is 4.79 Å². The molecule has 2 saturated heterocycles. The Morgan fingerprint density at radius 3 is 2.64 bits per heavy atom. The molecule has 5 atom stereocenters. The van der Waals surface area contributed by atoms with E-state index in [9.17, 15) is 25.0 Å². The Kier molecular flexibility index (Phi) is 3.12. The van der Waals surface area contributed by atoms with Gasteiger partial charge in [-0.1, -0.05) is 13.0 Å². The molecule has 5 unspecified atom stereocenters. The van der Waals surface area contributed by atoms with Gasteiger partial charge in [-0.3, -0.25) is 25.0 Å². The second kappa shape index (κ2) is 4.65. The second-order valence-corrected chi connectivity index (χ2v) is 6.50. The molecule has 2 aliphatic heterocycles.